The monoisotopic (exact) mass is 361 g/mol. The average Bonchev–Trinajstić information content (AvgIpc) is 2.79. The average molecular weight is 363 g/mol. The summed E-state index contributed by atoms with van der Waals surface area (Å²) in [4.78, 5) is 1.24. The minimum Gasteiger partial charge on any atom is -0.312 e. The predicted molar refractivity (Wildman–Crippen MR) is 86.0 cm³/mol. The third kappa shape index (κ3) is 3.75. The van der Waals surface area contributed by atoms with E-state index in [9.17, 15) is 0 Å². The minimum atomic E-state index is 0.353. The molecule has 5 heteroatoms. The molecule has 18 heavy (non-hydrogen) atoms. The van der Waals surface area contributed by atoms with Crippen LogP contribution in [-0.4, -0.2) is 12.8 Å². The molecule has 0 aliphatic carbocycles. The first-order valence-corrected chi connectivity index (χ1v) is 8.58. The molecule has 0 bridgehead atoms. The van der Waals surface area contributed by atoms with E-state index < -0.39 is 0 Å². The molecule has 0 saturated carbocycles. The standard InChI is InChI=1S/C13H13BrClNS2/c1-16-13(11-6-17-7-12(11)14)8-18-10-4-2-9(15)3-5-10/h2-7,13,16H,8H2,1H3. The smallest absolute Gasteiger partial charge is 0.0432 e. The molecule has 0 saturated heterocycles. The summed E-state index contributed by atoms with van der Waals surface area (Å²) in [6, 6.07) is 8.33. The van der Waals surface area contributed by atoms with E-state index in [4.69, 9.17) is 11.6 Å². The van der Waals surface area contributed by atoms with Crippen LogP contribution in [0.5, 0.6) is 0 Å². The van der Waals surface area contributed by atoms with Gasteiger partial charge in [0, 0.05) is 31.6 Å². The molecule has 1 heterocycles. The first-order valence-electron chi connectivity index (χ1n) is 5.48. The maximum atomic E-state index is 5.88. The Balaban J connectivity index is 2.00. The number of thioether (sulfide) groups is 1. The molecule has 2 aromatic rings. The zero-order chi connectivity index (χ0) is 13.0. The van der Waals surface area contributed by atoms with Gasteiger partial charge in [0.25, 0.3) is 0 Å². The molecule has 1 N–H and O–H groups in total. The lowest BCUT2D eigenvalue weighted by molar-refractivity contribution is 0.661. The van der Waals surface area contributed by atoms with Gasteiger partial charge in [-0.15, -0.1) is 11.8 Å². The van der Waals surface area contributed by atoms with Gasteiger partial charge in [0.2, 0.25) is 0 Å². The zero-order valence-corrected chi connectivity index (χ0v) is 13.8. The van der Waals surface area contributed by atoms with Crippen LogP contribution in [0.15, 0.2) is 44.4 Å². The molecule has 0 radical (unpaired) electrons. The van der Waals surface area contributed by atoms with Crippen molar-refractivity contribution in [1.82, 2.24) is 5.32 Å². The van der Waals surface area contributed by atoms with Crippen molar-refractivity contribution in [3.8, 4) is 0 Å². The Morgan fingerprint density at radius 3 is 2.61 bits per heavy atom. The van der Waals surface area contributed by atoms with E-state index in [1.54, 1.807) is 11.3 Å². The van der Waals surface area contributed by atoms with Gasteiger partial charge in [-0.3, -0.25) is 0 Å². The predicted octanol–water partition coefficient (Wildman–Crippen LogP) is 5.22. The SMILES string of the molecule is CNC(CSc1ccc(Cl)cc1)c1cscc1Br. The normalized spacial score (nSPS) is 12.6. The third-order valence-corrected chi connectivity index (χ3v) is 5.71. The summed E-state index contributed by atoms with van der Waals surface area (Å²) < 4.78 is 1.18. The second-order valence-electron chi connectivity index (χ2n) is 3.78. The van der Waals surface area contributed by atoms with E-state index in [2.05, 4.69) is 44.1 Å². The van der Waals surface area contributed by atoms with Crippen molar-refractivity contribution in [2.24, 2.45) is 0 Å². The van der Waals surface area contributed by atoms with Gasteiger partial charge in [-0.05, 0) is 58.2 Å². The Kier molecular flexibility index (Phi) is 5.57. The van der Waals surface area contributed by atoms with Gasteiger partial charge >= 0.3 is 0 Å². The van der Waals surface area contributed by atoms with Crippen LogP contribution in [0.4, 0.5) is 0 Å². The van der Waals surface area contributed by atoms with E-state index >= 15 is 0 Å². The highest BCUT2D eigenvalue weighted by atomic mass is 79.9. The van der Waals surface area contributed by atoms with Crippen molar-refractivity contribution in [3.05, 3.63) is 50.1 Å². The van der Waals surface area contributed by atoms with Gasteiger partial charge in [0.05, 0.1) is 0 Å². The highest BCUT2D eigenvalue weighted by molar-refractivity contribution is 9.10. The van der Waals surface area contributed by atoms with E-state index in [0.29, 0.717) is 6.04 Å². The fourth-order valence-corrected chi connectivity index (χ4v) is 4.37. The van der Waals surface area contributed by atoms with Crippen LogP contribution in [0.2, 0.25) is 5.02 Å². The van der Waals surface area contributed by atoms with Gasteiger partial charge in [-0.25, -0.2) is 0 Å². The van der Waals surface area contributed by atoms with Gasteiger partial charge in [0.1, 0.15) is 0 Å². The molecule has 96 valence electrons. The molecule has 0 spiro atoms. The summed E-state index contributed by atoms with van der Waals surface area (Å²) >= 11 is 13.0. The maximum absolute atomic E-state index is 5.88. The van der Waals surface area contributed by atoms with Gasteiger partial charge in [-0.2, -0.15) is 11.3 Å². The summed E-state index contributed by atoms with van der Waals surface area (Å²) in [5.41, 5.74) is 1.32. The Hall–Kier alpha value is -0.000000000000000111. The number of nitrogens with one attached hydrogen (secondary N) is 1. The molecule has 1 nitrogen and oxygen atoms in total. The lowest BCUT2D eigenvalue weighted by Crippen LogP contribution is -2.18. The lowest BCUT2D eigenvalue weighted by atomic mass is 10.2. The van der Waals surface area contributed by atoms with Crippen molar-refractivity contribution in [2.75, 3.05) is 12.8 Å². The molecule has 0 amide bonds. The molecule has 0 aliphatic rings. The fraction of sp³-hybridized carbons (Fsp3) is 0.231. The maximum Gasteiger partial charge on any atom is 0.0432 e. The summed E-state index contributed by atoms with van der Waals surface area (Å²) in [5.74, 6) is 0.994. The summed E-state index contributed by atoms with van der Waals surface area (Å²) in [6.45, 7) is 0. The van der Waals surface area contributed by atoms with E-state index in [1.165, 1.54) is 14.9 Å². The van der Waals surface area contributed by atoms with Crippen molar-refractivity contribution in [2.45, 2.75) is 10.9 Å². The second kappa shape index (κ2) is 6.96. The van der Waals surface area contributed by atoms with Gasteiger partial charge in [-0.1, -0.05) is 11.6 Å². The Bertz CT molecular complexity index is 498. The van der Waals surface area contributed by atoms with Crippen LogP contribution < -0.4 is 5.32 Å². The van der Waals surface area contributed by atoms with Crippen LogP contribution in [0, 0.1) is 0 Å². The minimum absolute atomic E-state index is 0.353. The van der Waals surface area contributed by atoms with E-state index in [-0.39, 0.29) is 0 Å². The highest BCUT2D eigenvalue weighted by Gasteiger charge is 2.13. The molecule has 1 unspecified atom stereocenters. The molecule has 1 aromatic carbocycles. The molecular weight excluding hydrogens is 350 g/mol. The quantitative estimate of drug-likeness (QED) is 0.732. The molecule has 1 aromatic heterocycles. The summed E-state index contributed by atoms with van der Waals surface area (Å²) in [5, 5.41) is 8.45. The van der Waals surface area contributed by atoms with Gasteiger partial charge < -0.3 is 5.32 Å². The number of hydrogen-bond acceptors (Lipinski definition) is 3. The zero-order valence-electron chi connectivity index (χ0n) is 9.82. The molecule has 0 aliphatic heterocycles. The number of hydrogen-bond donors (Lipinski definition) is 1. The van der Waals surface area contributed by atoms with Crippen molar-refractivity contribution >= 4 is 50.6 Å². The van der Waals surface area contributed by atoms with E-state index in [1.807, 2.05) is 30.9 Å². The van der Waals surface area contributed by atoms with Crippen molar-refractivity contribution < 1.29 is 0 Å². The first-order chi connectivity index (χ1) is 8.70. The number of benzene rings is 1. The molecular formula is C13H13BrClNS2. The summed E-state index contributed by atoms with van der Waals surface area (Å²) in [7, 11) is 2.00. The van der Waals surface area contributed by atoms with Crippen molar-refractivity contribution in [3.63, 3.8) is 0 Å². The Morgan fingerprint density at radius 2 is 2.06 bits per heavy atom. The second-order valence-corrected chi connectivity index (χ2v) is 6.91. The van der Waals surface area contributed by atoms with Crippen LogP contribution in [0.25, 0.3) is 0 Å². The lowest BCUT2D eigenvalue weighted by Gasteiger charge is -2.15. The fourth-order valence-electron chi connectivity index (χ4n) is 1.58. The molecule has 2 rings (SSSR count). The Morgan fingerprint density at radius 1 is 1.33 bits per heavy atom. The largest absolute Gasteiger partial charge is 0.312 e. The van der Waals surface area contributed by atoms with Crippen LogP contribution in [0.1, 0.15) is 11.6 Å². The van der Waals surface area contributed by atoms with Crippen LogP contribution in [0.3, 0.4) is 0 Å². The van der Waals surface area contributed by atoms with E-state index in [0.717, 1.165) is 10.8 Å². The first kappa shape index (κ1) is 14.4. The number of rotatable bonds is 5. The van der Waals surface area contributed by atoms with Crippen LogP contribution >= 0.6 is 50.6 Å². The highest BCUT2D eigenvalue weighted by Crippen LogP contribution is 2.31. The Labute approximate surface area is 129 Å². The van der Waals surface area contributed by atoms with Crippen LogP contribution in [-0.2, 0) is 0 Å². The third-order valence-electron chi connectivity index (χ3n) is 2.60. The van der Waals surface area contributed by atoms with Crippen molar-refractivity contribution in [1.29, 1.82) is 0 Å². The number of thiophene rings is 1. The van der Waals surface area contributed by atoms with Gasteiger partial charge in [0.15, 0.2) is 0 Å². The number of halogens is 2. The molecule has 1 atom stereocenters. The molecule has 0 fully saturated rings. The summed E-state index contributed by atoms with van der Waals surface area (Å²) in [6.07, 6.45) is 0. The topological polar surface area (TPSA) is 12.0 Å².